The van der Waals surface area contributed by atoms with Crippen molar-refractivity contribution in [1.82, 2.24) is 9.97 Å². The van der Waals surface area contributed by atoms with E-state index in [1.165, 1.54) is 17.4 Å². The van der Waals surface area contributed by atoms with E-state index in [1.54, 1.807) is 6.07 Å². The number of aryl methyl sites for hydroxylation is 1. The van der Waals surface area contributed by atoms with E-state index in [0.717, 1.165) is 11.1 Å². The molecule has 0 aliphatic carbocycles. The largest absolute Gasteiger partial charge is 0.389 e. The number of hydrogen-bond donors (Lipinski definition) is 1. The van der Waals surface area contributed by atoms with E-state index < -0.39 is 0 Å². The highest BCUT2D eigenvalue weighted by Gasteiger charge is 2.10. The Bertz CT molecular complexity index is 467. The fraction of sp³-hybridized carbons (Fsp3) is 0.200. The summed E-state index contributed by atoms with van der Waals surface area (Å²) in [5.74, 6) is -0.367. The number of nitrogens with zero attached hydrogens (tertiary/aromatic N) is 2. The number of thiazole rings is 1. The van der Waals surface area contributed by atoms with Crippen LogP contribution in [-0.4, -0.2) is 15.1 Å². The normalized spacial score (nSPS) is 10.6. The van der Waals surface area contributed by atoms with Crippen LogP contribution in [0.15, 0.2) is 18.3 Å². The summed E-state index contributed by atoms with van der Waals surface area (Å²) in [5, 5.41) is 9.58. The molecule has 0 fully saturated rings. The summed E-state index contributed by atoms with van der Waals surface area (Å²) in [7, 11) is 0. The van der Waals surface area contributed by atoms with Crippen molar-refractivity contribution in [2.75, 3.05) is 0 Å². The lowest BCUT2D eigenvalue weighted by Crippen LogP contribution is -1.87. The molecule has 0 bridgehead atoms. The Morgan fingerprint density at radius 3 is 2.80 bits per heavy atom. The number of hydrogen-bond acceptors (Lipinski definition) is 4. The van der Waals surface area contributed by atoms with Crippen LogP contribution >= 0.6 is 11.3 Å². The lowest BCUT2D eigenvalue weighted by atomic mass is 10.2. The predicted octanol–water partition coefficient (Wildman–Crippen LogP) is 2.14. The van der Waals surface area contributed by atoms with Crippen molar-refractivity contribution in [1.29, 1.82) is 0 Å². The van der Waals surface area contributed by atoms with Gasteiger partial charge < -0.3 is 5.11 Å². The number of aliphatic hydroxyl groups excluding tert-OH is 1. The van der Waals surface area contributed by atoms with Crippen molar-refractivity contribution in [2.24, 2.45) is 0 Å². The van der Waals surface area contributed by atoms with Gasteiger partial charge in [0.1, 0.15) is 16.5 Å². The maximum Gasteiger partial charge on any atom is 0.141 e. The maximum absolute atomic E-state index is 12.7. The molecule has 3 nitrogen and oxygen atoms in total. The molecule has 0 saturated heterocycles. The van der Waals surface area contributed by atoms with Crippen LogP contribution in [0.1, 0.15) is 9.88 Å². The molecule has 78 valence electrons. The molecule has 2 aromatic heterocycles. The van der Waals surface area contributed by atoms with Gasteiger partial charge in [-0.1, -0.05) is 0 Å². The van der Waals surface area contributed by atoms with Crippen LogP contribution in [0.25, 0.3) is 11.4 Å². The van der Waals surface area contributed by atoms with Crippen molar-refractivity contribution < 1.29 is 9.50 Å². The third kappa shape index (κ3) is 2.03. The zero-order chi connectivity index (χ0) is 10.8. The molecule has 0 aromatic carbocycles. The summed E-state index contributed by atoms with van der Waals surface area (Å²) in [6.45, 7) is 1.82. The number of rotatable bonds is 2. The Hall–Kier alpha value is -1.33. The molecule has 0 amide bonds. The fourth-order valence-electron chi connectivity index (χ4n) is 1.27. The lowest BCUT2D eigenvalue weighted by Gasteiger charge is -1.96. The summed E-state index contributed by atoms with van der Waals surface area (Å²) >= 11 is 1.42. The van der Waals surface area contributed by atoms with Crippen LogP contribution in [0.3, 0.4) is 0 Å². The van der Waals surface area contributed by atoms with Gasteiger partial charge in [-0.3, -0.25) is 4.98 Å². The molecule has 5 heteroatoms. The van der Waals surface area contributed by atoms with Gasteiger partial charge in [-0.25, -0.2) is 9.37 Å². The SMILES string of the molecule is Cc1sc(CO)nc1-c1ccc(F)cn1. The highest BCUT2D eigenvalue weighted by atomic mass is 32.1. The topological polar surface area (TPSA) is 46.0 Å². The molecular formula is C10H9FN2OS. The van der Waals surface area contributed by atoms with Gasteiger partial charge in [0.2, 0.25) is 0 Å². The maximum atomic E-state index is 12.7. The standard InChI is InChI=1S/C10H9FN2OS/c1-6-10(13-9(5-14)15-6)8-3-2-7(11)4-12-8/h2-4,14H,5H2,1H3. The van der Waals surface area contributed by atoms with Crippen LogP contribution in [0.2, 0.25) is 0 Å². The monoisotopic (exact) mass is 224 g/mol. The van der Waals surface area contributed by atoms with E-state index >= 15 is 0 Å². The Morgan fingerprint density at radius 2 is 2.27 bits per heavy atom. The van der Waals surface area contributed by atoms with Crippen LogP contribution in [0, 0.1) is 12.7 Å². The number of aromatic nitrogens is 2. The number of halogens is 1. The molecule has 0 radical (unpaired) electrons. The minimum atomic E-state index is -0.367. The highest BCUT2D eigenvalue weighted by molar-refractivity contribution is 7.12. The summed E-state index contributed by atoms with van der Waals surface area (Å²) in [6, 6.07) is 2.93. The first-order valence-corrected chi connectivity index (χ1v) is 5.21. The zero-order valence-electron chi connectivity index (χ0n) is 8.07. The van der Waals surface area contributed by atoms with Crippen molar-refractivity contribution in [2.45, 2.75) is 13.5 Å². The molecule has 0 unspecified atom stereocenters. The highest BCUT2D eigenvalue weighted by Crippen LogP contribution is 2.25. The van der Waals surface area contributed by atoms with E-state index in [2.05, 4.69) is 9.97 Å². The van der Waals surface area contributed by atoms with E-state index in [0.29, 0.717) is 16.4 Å². The first-order valence-electron chi connectivity index (χ1n) is 4.40. The lowest BCUT2D eigenvalue weighted by molar-refractivity contribution is 0.281. The van der Waals surface area contributed by atoms with E-state index in [4.69, 9.17) is 5.11 Å². The zero-order valence-corrected chi connectivity index (χ0v) is 8.88. The van der Waals surface area contributed by atoms with Gasteiger partial charge in [-0.2, -0.15) is 0 Å². The van der Waals surface area contributed by atoms with E-state index in [1.807, 2.05) is 6.92 Å². The van der Waals surface area contributed by atoms with Gasteiger partial charge >= 0.3 is 0 Å². The molecule has 0 saturated carbocycles. The van der Waals surface area contributed by atoms with Gasteiger partial charge in [0.25, 0.3) is 0 Å². The van der Waals surface area contributed by atoms with Gasteiger partial charge in [-0.15, -0.1) is 11.3 Å². The molecule has 15 heavy (non-hydrogen) atoms. The molecule has 2 heterocycles. The van der Waals surface area contributed by atoms with Crippen molar-refractivity contribution in [3.05, 3.63) is 34.0 Å². The van der Waals surface area contributed by atoms with E-state index in [-0.39, 0.29) is 12.4 Å². The van der Waals surface area contributed by atoms with Gasteiger partial charge in [-0.05, 0) is 19.1 Å². The molecule has 0 spiro atoms. The van der Waals surface area contributed by atoms with Crippen molar-refractivity contribution >= 4 is 11.3 Å². The minimum Gasteiger partial charge on any atom is -0.389 e. The van der Waals surface area contributed by atoms with Gasteiger partial charge in [0.05, 0.1) is 18.5 Å². The first-order chi connectivity index (χ1) is 7.20. The Balaban J connectivity index is 2.44. The number of pyridine rings is 1. The van der Waals surface area contributed by atoms with Crippen LogP contribution < -0.4 is 0 Å². The average molecular weight is 224 g/mol. The fourth-order valence-corrected chi connectivity index (χ4v) is 2.07. The quantitative estimate of drug-likeness (QED) is 0.850. The summed E-state index contributed by atoms with van der Waals surface area (Å²) < 4.78 is 12.7. The third-order valence-electron chi connectivity index (χ3n) is 1.95. The van der Waals surface area contributed by atoms with Crippen LogP contribution in [0.5, 0.6) is 0 Å². The first kappa shape index (κ1) is 10.2. The second kappa shape index (κ2) is 4.04. The number of aliphatic hydroxyl groups is 1. The second-order valence-corrected chi connectivity index (χ2v) is 4.32. The molecule has 1 N–H and O–H groups in total. The molecule has 0 aliphatic heterocycles. The van der Waals surface area contributed by atoms with Gasteiger partial charge in [0.15, 0.2) is 0 Å². The average Bonchev–Trinajstić information content (AvgIpc) is 2.61. The predicted molar refractivity (Wildman–Crippen MR) is 56.0 cm³/mol. The van der Waals surface area contributed by atoms with Crippen LogP contribution in [0.4, 0.5) is 4.39 Å². The van der Waals surface area contributed by atoms with Crippen LogP contribution in [-0.2, 0) is 6.61 Å². The molecule has 0 atom stereocenters. The Kier molecular flexibility index (Phi) is 2.75. The summed E-state index contributed by atoms with van der Waals surface area (Å²) in [6.07, 6.45) is 1.16. The Morgan fingerprint density at radius 1 is 1.47 bits per heavy atom. The van der Waals surface area contributed by atoms with Crippen molar-refractivity contribution in [3.8, 4) is 11.4 Å². The third-order valence-corrected chi connectivity index (χ3v) is 2.90. The van der Waals surface area contributed by atoms with E-state index in [9.17, 15) is 4.39 Å². The molecule has 2 rings (SSSR count). The Labute approximate surface area is 90.3 Å². The smallest absolute Gasteiger partial charge is 0.141 e. The van der Waals surface area contributed by atoms with Gasteiger partial charge in [0, 0.05) is 4.88 Å². The molecule has 2 aromatic rings. The molecular weight excluding hydrogens is 215 g/mol. The summed E-state index contributed by atoms with van der Waals surface area (Å²) in [5.41, 5.74) is 1.34. The summed E-state index contributed by atoms with van der Waals surface area (Å²) in [4.78, 5) is 9.13. The minimum absolute atomic E-state index is 0.0767. The molecule has 0 aliphatic rings. The second-order valence-electron chi connectivity index (χ2n) is 3.03. The van der Waals surface area contributed by atoms with Crippen molar-refractivity contribution in [3.63, 3.8) is 0 Å².